The fourth-order valence-corrected chi connectivity index (χ4v) is 4.68. The second-order valence-electron chi connectivity index (χ2n) is 7.16. The van der Waals surface area contributed by atoms with E-state index in [1.807, 2.05) is 42.7 Å². The molecule has 1 aliphatic rings. The molecule has 3 heterocycles. The third kappa shape index (κ3) is 2.97. The summed E-state index contributed by atoms with van der Waals surface area (Å²) in [5.41, 5.74) is 5.89. The van der Waals surface area contributed by atoms with Gasteiger partial charge in [-0.05, 0) is 41.5 Å². The van der Waals surface area contributed by atoms with E-state index in [-0.39, 0.29) is 5.92 Å². The van der Waals surface area contributed by atoms with Crippen molar-refractivity contribution in [3.05, 3.63) is 74.6 Å². The molecule has 1 unspecified atom stereocenters. The third-order valence-corrected chi connectivity index (χ3v) is 6.51. The van der Waals surface area contributed by atoms with Gasteiger partial charge in [0.15, 0.2) is 0 Å². The van der Waals surface area contributed by atoms with Gasteiger partial charge in [0, 0.05) is 57.6 Å². The standard InChI is InChI=1S/C22H16Cl3N3O2/c1-30-22(29)21-20(14-8-26-18-3-2-10(23)4-11(14)18)15(9-28-21)13-7-27-19-6-17(25)16(24)5-12(13)19/h2-6,8-9,13,26-28H,7H2,1H3. The molecular weight excluding hydrogens is 445 g/mol. The number of anilines is 1. The topological polar surface area (TPSA) is 69.9 Å². The summed E-state index contributed by atoms with van der Waals surface area (Å²) in [6, 6.07) is 9.34. The van der Waals surface area contributed by atoms with E-state index in [9.17, 15) is 4.79 Å². The number of carbonyl (C=O) groups is 1. The number of hydrogen-bond donors (Lipinski definition) is 3. The Morgan fingerprint density at radius 3 is 2.63 bits per heavy atom. The largest absolute Gasteiger partial charge is 0.464 e. The molecule has 4 aromatic rings. The normalized spacial score (nSPS) is 15.3. The average Bonchev–Trinajstić information content (AvgIpc) is 3.43. The van der Waals surface area contributed by atoms with E-state index in [1.165, 1.54) is 7.11 Å². The molecule has 0 bridgehead atoms. The van der Waals surface area contributed by atoms with Crippen molar-refractivity contribution in [1.82, 2.24) is 9.97 Å². The average molecular weight is 461 g/mol. The molecule has 30 heavy (non-hydrogen) atoms. The fourth-order valence-electron chi connectivity index (χ4n) is 4.17. The van der Waals surface area contributed by atoms with Gasteiger partial charge in [-0.1, -0.05) is 34.8 Å². The summed E-state index contributed by atoms with van der Waals surface area (Å²) >= 11 is 18.7. The minimum atomic E-state index is -0.437. The molecule has 0 saturated heterocycles. The third-order valence-electron chi connectivity index (χ3n) is 5.55. The predicted octanol–water partition coefficient (Wildman–Crippen LogP) is 6.47. The number of methoxy groups -OCH3 is 1. The number of H-pyrrole nitrogens is 2. The number of rotatable bonds is 3. The number of hydrogen-bond acceptors (Lipinski definition) is 3. The summed E-state index contributed by atoms with van der Waals surface area (Å²) < 4.78 is 5.03. The van der Waals surface area contributed by atoms with Crippen molar-refractivity contribution in [1.29, 1.82) is 0 Å². The van der Waals surface area contributed by atoms with Gasteiger partial charge in [-0.2, -0.15) is 0 Å². The lowest BCUT2D eigenvalue weighted by Gasteiger charge is -2.13. The number of ether oxygens (including phenoxy) is 1. The fraction of sp³-hybridized carbons (Fsp3) is 0.136. The second-order valence-corrected chi connectivity index (χ2v) is 8.42. The molecule has 0 radical (unpaired) electrons. The number of halogens is 3. The minimum absolute atomic E-state index is 0.0245. The first-order chi connectivity index (χ1) is 14.5. The molecule has 3 N–H and O–H groups in total. The number of aromatic amines is 2. The highest BCUT2D eigenvalue weighted by atomic mass is 35.5. The molecular formula is C22H16Cl3N3O2. The number of carbonyl (C=O) groups excluding carboxylic acids is 1. The molecule has 0 amide bonds. The van der Waals surface area contributed by atoms with Gasteiger partial charge in [-0.15, -0.1) is 0 Å². The number of benzene rings is 2. The number of fused-ring (bicyclic) bond motifs is 2. The highest BCUT2D eigenvalue weighted by molar-refractivity contribution is 6.42. The number of esters is 1. The van der Waals surface area contributed by atoms with E-state index in [2.05, 4.69) is 15.3 Å². The Bertz CT molecular complexity index is 1310. The van der Waals surface area contributed by atoms with E-state index in [1.54, 1.807) is 0 Å². The van der Waals surface area contributed by atoms with Crippen LogP contribution in [-0.2, 0) is 4.74 Å². The van der Waals surface area contributed by atoms with Crippen molar-refractivity contribution >= 4 is 57.4 Å². The van der Waals surface area contributed by atoms with Crippen LogP contribution in [0.3, 0.4) is 0 Å². The molecule has 152 valence electrons. The van der Waals surface area contributed by atoms with Crippen LogP contribution in [0.15, 0.2) is 42.7 Å². The van der Waals surface area contributed by atoms with Gasteiger partial charge in [0.1, 0.15) is 5.69 Å². The van der Waals surface area contributed by atoms with Crippen LogP contribution in [0, 0.1) is 0 Å². The van der Waals surface area contributed by atoms with Crippen molar-refractivity contribution < 1.29 is 9.53 Å². The summed E-state index contributed by atoms with van der Waals surface area (Å²) in [7, 11) is 1.37. The van der Waals surface area contributed by atoms with Crippen LogP contribution >= 0.6 is 34.8 Å². The molecule has 0 spiro atoms. The van der Waals surface area contributed by atoms with E-state index >= 15 is 0 Å². The van der Waals surface area contributed by atoms with Gasteiger partial charge in [-0.25, -0.2) is 4.79 Å². The van der Waals surface area contributed by atoms with Crippen LogP contribution < -0.4 is 5.32 Å². The SMILES string of the molecule is COC(=O)c1[nH]cc(C2CNc3cc(Cl)c(Cl)cc32)c1-c1c[nH]c2ccc(Cl)cc12. The summed E-state index contributed by atoms with van der Waals surface area (Å²) in [5.74, 6) is -0.462. The van der Waals surface area contributed by atoms with Crippen molar-refractivity contribution in [2.75, 3.05) is 19.0 Å². The Labute approximate surface area is 187 Å². The molecule has 5 rings (SSSR count). The monoisotopic (exact) mass is 459 g/mol. The molecule has 1 atom stereocenters. The van der Waals surface area contributed by atoms with Gasteiger partial charge >= 0.3 is 5.97 Å². The zero-order valence-electron chi connectivity index (χ0n) is 15.8. The summed E-state index contributed by atoms with van der Waals surface area (Å²) in [6.45, 7) is 0.653. The molecule has 5 nitrogen and oxygen atoms in total. The van der Waals surface area contributed by atoms with Gasteiger partial charge in [0.25, 0.3) is 0 Å². The van der Waals surface area contributed by atoms with Gasteiger partial charge in [0.05, 0.1) is 17.2 Å². The lowest BCUT2D eigenvalue weighted by Crippen LogP contribution is -2.07. The molecule has 0 saturated carbocycles. The smallest absolute Gasteiger partial charge is 0.355 e. The van der Waals surface area contributed by atoms with Crippen LogP contribution in [-0.4, -0.2) is 29.6 Å². The Morgan fingerprint density at radius 1 is 1.03 bits per heavy atom. The molecule has 0 fully saturated rings. The first-order valence-corrected chi connectivity index (χ1v) is 10.4. The molecule has 1 aliphatic heterocycles. The minimum Gasteiger partial charge on any atom is -0.464 e. The van der Waals surface area contributed by atoms with Crippen molar-refractivity contribution in [2.45, 2.75) is 5.92 Å². The Hall–Kier alpha value is -2.60. The first-order valence-electron chi connectivity index (χ1n) is 9.27. The Morgan fingerprint density at radius 2 is 1.83 bits per heavy atom. The highest BCUT2D eigenvalue weighted by Gasteiger charge is 2.31. The van der Waals surface area contributed by atoms with E-state index < -0.39 is 5.97 Å². The molecule has 8 heteroatoms. The maximum Gasteiger partial charge on any atom is 0.355 e. The zero-order chi connectivity index (χ0) is 21.0. The molecule has 2 aromatic heterocycles. The second kappa shape index (κ2) is 7.27. The van der Waals surface area contributed by atoms with Gasteiger partial charge < -0.3 is 20.0 Å². The van der Waals surface area contributed by atoms with Crippen LogP contribution in [0.2, 0.25) is 15.1 Å². The summed E-state index contributed by atoms with van der Waals surface area (Å²) in [6.07, 6.45) is 3.74. The lowest BCUT2D eigenvalue weighted by molar-refractivity contribution is 0.0595. The van der Waals surface area contributed by atoms with E-state index in [4.69, 9.17) is 39.5 Å². The van der Waals surface area contributed by atoms with E-state index in [0.717, 1.165) is 38.8 Å². The van der Waals surface area contributed by atoms with Crippen LogP contribution in [0.25, 0.3) is 22.0 Å². The maximum atomic E-state index is 12.6. The molecule has 0 aliphatic carbocycles. The Balaban J connectivity index is 1.74. The van der Waals surface area contributed by atoms with Gasteiger partial charge in [0.2, 0.25) is 0 Å². The van der Waals surface area contributed by atoms with Crippen LogP contribution in [0.4, 0.5) is 5.69 Å². The maximum absolute atomic E-state index is 12.6. The highest BCUT2D eigenvalue weighted by Crippen LogP contribution is 2.45. The van der Waals surface area contributed by atoms with Crippen molar-refractivity contribution in [3.63, 3.8) is 0 Å². The Kier molecular flexibility index (Phi) is 4.69. The number of aromatic nitrogens is 2. The summed E-state index contributed by atoms with van der Waals surface area (Å²) in [5, 5.41) is 5.92. The van der Waals surface area contributed by atoms with E-state index in [0.29, 0.717) is 27.3 Å². The zero-order valence-corrected chi connectivity index (χ0v) is 18.0. The van der Waals surface area contributed by atoms with Gasteiger partial charge in [-0.3, -0.25) is 0 Å². The predicted molar refractivity (Wildman–Crippen MR) is 121 cm³/mol. The lowest BCUT2D eigenvalue weighted by atomic mass is 9.89. The van der Waals surface area contributed by atoms with Crippen LogP contribution in [0.5, 0.6) is 0 Å². The summed E-state index contributed by atoms with van der Waals surface area (Å²) in [4.78, 5) is 18.9. The van der Waals surface area contributed by atoms with Crippen molar-refractivity contribution in [3.8, 4) is 11.1 Å². The van der Waals surface area contributed by atoms with Crippen molar-refractivity contribution in [2.24, 2.45) is 0 Å². The first kappa shape index (κ1) is 19.4. The quantitative estimate of drug-likeness (QED) is 0.307. The number of nitrogens with one attached hydrogen (secondary N) is 3. The van der Waals surface area contributed by atoms with Crippen LogP contribution in [0.1, 0.15) is 27.5 Å². The molecule has 2 aromatic carbocycles.